The van der Waals surface area contributed by atoms with Crippen LogP contribution in [0.2, 0.25) is 0 Å². The molecule has 0 amide bonds. The monoisotopic (exact) mass is 251 g/mol. The topological polar surface area (TPSA) is 48.4 Å². The molecule has 3 heteroatoms. The zero-order valence-electron chi connectivity index (χ0n) is 11.5. The molecule has 0 radical (unpaired) electrons. The van der Waals surface area contributed by atoms with Crippen LogP contribution in [0.5, 0.6) is 0 Å². The Balaban J connectivity index is 1.97. The van der Waals surface area contributed by atoms with Gasteiger partial charge in [0.05, 0.1) is 12.4 Å². The molecule has 1 heterocycles. The molecule has 1 saturated carbocycles. The molecule has 0 aromatic carbocycles. The molecule has 0 bridgehead atoms. The Kier molecular flexibility index (Phi) is 4.84. The van der Waals surface area contributed by atoms with Gasteiger partial charge in [-0.3, -0.25) is 0 Å². The molecule has 1 aromatic heterocycles. The Bertz CT molecular complexity index is 334. The highest BCUT2D eigenvalue weighted by Crippen LogP contribution is 2.32. The average molecular weight is 251 g/mol. The van der Waals surface area contributed by atoms with Gasteiger partial charge < -0.3 is 14.9 Å². The summed E-state index contributed by atoms with van der Waals surface area (Å²) in [5.41, 5.74) is 6.03. The molecule has 4 atom stereocenters. The second kappa shape index (κ2) is 6.39. The summed E-state index contributed by atoms with van der Waals surface area (Å²) >= 11 is 0. The van der Waals surface area contributed by atoms with Crippen LogP contribution in [-0.4, -0.2) is 12.1 Å². The van der Waals surface area contributed by atoms with Crippen LogP contribution in [0.25, 0.3) is 0 Å². The fraction of sp³-hybridized carbons (Fsp3) is 0.733. The van der Waals surface area contributed by atoms with E-state index in [0.717, 1.165) is 18.1 Å². The van der Waals surface area contributed by atoms with Crippen LogP contribution in [0.15, 0.2) is 22.8 Å². The quantitative estimate of drug-likeness (QED) is 0.869. The molecule has 102 valence electrons. The van der Waals surface area contributed by atoms with Crippen molar-refractivity contribution < 1.29 is 9.15 Å². The van der Waals surface area contributed by atoms with E-state index in [2.05, 4.69) is 6.92 Å². The van der Waals surface area contributed by atoms with E-state index in [1.807, 2.05) is 19.1 Å². The molecule has 0 aliphatic heterocycles. The first-order valence-electron chi connectivity index (χ1n) is 7.15. The number of ether oxygens (including phenoxy) is 1. The lowest BCUT2D eigenvalue weighted by Crippen LogP contribution is -2.32. The SMILES string of the molecule is CCC1CCCC(OC(c2ccco2)C(C)N)C1. The van der Waals surface area contributed by atoms with E-state index in [0.29, 0.717) is 6.10 Å². The highest BCUT2D eigenvalue weighted by Gasteiger charge is 2.27. The van der Waals surface area contributed by atoms with Gasteiger partial charge in [-0.05, 0) is 37.8 Å². The maximum atomic E-state index is 6.21. The molecular weight excluding hydrogens is 226 g/mol. The van der Waals surface area contributed by atoms with Gasteiger partial charge >= 0.3 is 0 Å². The molecule has 2 rings (SSSR count). The summed E-state index contributed by atoms with van der Waals surface area (Å²) in [5.74, 6) is 1.66. The molecule has 18 heavy (non-hydrogen) atoms. The van der Waals surface area contributed by atoms with Crippen LogP contribution in [0, 0.1) is 5.92 Å². The van der Waals surface area contributed by atoms with E-state index in [1.54, 1.807) is 6.26 Å². The molecule has 2 N–H and O–H groups in total. The molecular formula is C15H25NO2. The molecule has 3 nitrogen and oxygen atoms in total. The first-order chi connectivity index (χ1) is 8.70. The highest BCUT2D eigenvalue weighted by molar-refractivity contribution is 5.04. The Hall–Kier alpha value is -0.800. The predicted octanol–water partition coefficient (Wildman–Crippen LogP) is 3.65. The minimum absolute atomic E-state index is 0.0434. The zero-order chi connectivity index (χ0) is 13.0. The minimum atomic E-state index is -0.111. The summed E-state index contributed by atoms with van der Waals surface area (Å²) in [6.07, 6.45) is 8.10. The summed E-state index contributed by atoms with van der Waals surface area (Å²) in [7, 11) is 0. The second-order valence-electron chi connectivity index (χ2n) is 5.49. The van der Waals surface area contributed by atoms with Gasteiger partial charge in [0.25, 0.3) is 0 Å². The summed E-state index contributed by atoms with van der Waals surface area (Å²) in [5, 5.41) is 0. The van der Waals surface area contributed by atoms with Crippen LogP contribution in [0.1, 0.15) is 57.8 Å². The van der Waals surface area contributed by atoms with Crippen molar-refractivity contribution in [3.63, 3.8) is 0 Å². The van der Waals surface area contributed by atoms with E-state index in [9.17, 15) is 0 Å². The molecule has 1 aliphatic rings. The van der Waals surface area contributed by atoms with Crippen LogP contribution < -0.4 is 5.73 Å². The first-order valence-corrected chi connectivity index (χ1v) is 7.15. The van der Waals surface area contributed by atoms with E-state index in [4.69, 9.17) is 14.9 Å². The molecule has 4 unspecified atom stereocenters. The Labute approximate surface area is 110 Å². The van der Waals surface area contributed by atoms with Crippen molar-refractivity contribution in [3.8, 4) is 0 Å². The predicted molar refractivity (Wildman–Crippen MR) is 72.2 cm³/mol. The lowest BCUT2D eigenvalue weighted by molar-refractivity contribution is -0.0594. The summed E-state index contributed by atoms with van der Waals surface area (Å²) in [4.78, 5) is 0. The number of rotatable bonds is 5. The number of nitrogens with two attached hydrogens (primary N) is 1. The molecule has 1 aromatic rings. The van der Waals surface area contributed by atoms with Crippen molar-refractivity contribution in [1.29, 1.82) is 0 Å². The second-order valence-corrected chi connectivity index (χ2v) is 5.49. The average Bonchev–Trinajstić information content (AvgIpc) is 2.89. The number of furan rings is 1. The van der Waals surface area contributed by atoms with Crippen LogP contribution in [0.4, 0.5) is 0 Å². The van der Waals surface area contributed by atoms with Crippen LogP contribution >= 0.6 is 0 Å². The third kappa shape index (κ3) is 3.36. The van der Waals surface area contributed by atoms with Crippen molar-refractivity contribution in [2.24, 2.45) is 11.7 Å². The van der Waals surface area contributed by atoms with E-state index < -0.39 is 0 Å². The fourth-order valence-corrected chi connectivity index (χ4v) is 2.85. The third-order valence-electron chi connectivity index (χ3n) is 3.95. The first kappa shape index (κ1) is 13.6. The largest absolute Gasteiger partial charge is 0.467 e. The normalized spacial score (nSPS) is 27.9. The van der Waals surface area contributed by atoms with Gasteiger partial charge in [-0.25, -0.2) is 0 Å². The van der Waals surface area contributed by atoms with E-state index >= 15 is 0 Å². The van der Waals surface area contributed by atoms with Crippen LogP contribution in [-0.2, 0) is 4.74 Å². The number of hydrogen-bond donors (Lipinski definition) is 1. The van der Waals surface area contributed by atoms with Gasteiger partial charge in [0.15, 0.2) is 0 Å². The van der Waals surface area contributed by atoms with Crippen molar-refractivity contribution in [1.82, 2.24) is 0 Å². The van der Waals surface area contributed by atoms with E-state index in [1.165, 1.54) is 25.7 Å². The van der Waals surface area contributed by atoms with Gasteiger partial charge in [-0.2, -0.15) is 0 Å². The van der Waals surface area contributed by atoms with Gasteiger partial charge in [-0.1, -0.05) is 26.2 Å². The van der Waals surface area contributed by atoms with Crippen molar-refractivity contribution >= 4 is 0 Å². The van der Waals surface area contributed by atoms with Crippen molar-refractivity contribution in [3.05, 3.63) is 24.2 Å². The Morgan fingerprint density at radius 3 is 2.94 bits per heavy atom. The molecule has 0 saturated heterocycles. The maximum Gasteiger partial charge on any atom is 0.134 e. The van der Waals surface area contributed by atoms with E-state index in [-0.39, 0.29) is 12.1 Å². The lowest BCUT2D eigenvalue weighted by atomic mass is 9.85. The maximum absolute atomic E-state index is 6.21. The Morgan fingerprint density at radius 2 is 2.33 bits per heavy atom. The smallest absolute Gasteiger partial charge is 0.134 e. The lowest BCUT2D eigenvalue weighted by Gasteiger charge is -2.32. The molecule has 1 fully saturated rings. The summed E-state index contributed by atoms with van der Waals surface area (Å²) in [6, 6.07) is 3.80. The third-order valence-corrected chi connectivity index (χ3v) is 3.95. The van der Waals surface area contributed by atoms with Gasteiger partial charge in [0.1, 0.15) is 11.9 Å². The van der Waals surface area contributed by atoms with Crippen molar-refractivity contribution in [2.45, 2.75) is 64.2 Å². The fourth-order valence-electron chi connectivity index (χ4n) is 2.85. The molecule has 0 spiro atoms. The Morgan fingerprint density at radius 1 is 1.50 bits per heavy atom. The highest BCUT2D eigenvalue weighted by atomic mass is 16.5. The van der Waals surface area contributed by atoms with Gasteiger partial charge in [-0.15, -0.1) is 0 Å². The van der Waals surface area contributed by atoms with Crippen LogP contribution in [0.3, 0.4) is 0 Å². The zero-order valence-corrected chi connectivity index (χ0v) is 11.5. The summed E-state index contributed by atoms with van der Waals surface area (Å²) < 4.78 is 11.7. The standard InChI is InChI=1S/C15H25NO2/c1-3-12-6-4-7-13(10-12)18-15(11(2)16)14-8-5-9-17-14/h5,8-9,11-13,15H,3-4,6-7,10,16H2,1-2H3. The summed E-state index contributed by atoms with van der Waals surface area (Å²) in [6.45, 7) is 4.25. The van der Waals surface area contributed by atoms with Gasteiger partial charge in [0.2, 0.25) is 0 Å². The number of hydrogen-bond acceptors (Lipinski definition) is 3. The molecule has 1 aliphatic carbocycles. The minimum Gasteiger partial charge on any atom is -0.467 e. The van der Waals surface area contributed by atoms with Crippen molar-refractivity contribution in [2.75, 3.05) is 0 Å². The van der Waals surface area contributed by atoms with Gasteiger partial charge in [0, 0.05) is 6.04 Å².